The number of rotatable bonds is 5. The summed E-state index contributed by atoms with van der Waals surface area (Å²) in [6, 6.07) is 24.0. The Bertz CT molecular complexity index is 1110. The van der Waals surface area contributed by atoms with Gasteiger partial charge in [0.1, 0.15) is 5.52 Å². The smallest absolute Gasteiger partial charge is 0.245 e. The molecule has 156 valence electrons. The van der Waals surface area contributed by atoms with Gasteiger partial charge in [0.2, 0.25) is 5.91 Å². The summed E-state index contributed by atoms with van der Waals surface area (Å²) in [4.78, 5) is 26.4. The number of carbonyl (C=O) groups excluding carboxylic acids is 1. The van der Waals surface area contributed by atoms with Crippen molar-refractivity contribution in [2.75, 3.05) is 24.5 Å². The Morgan fingerprint density at radius 1 is 0.871 bits per heavy atom. The number of imidazole rings is 1. The van der Waals surface area contributed by atoms with Gasteiger partial charge < -0.3 is 4.57 Å². The number of carbonyl (C=O) groups is 1. The number of fused-ring (bicyclic) bond motifs is 1. The first-order valence-corrected chi connectivity index (χ1v) is 10.7. The van der Waals surface area contributed by atoms with Crippen molar-refractivity contribution in [3.8, 4) is 0 Å². The van der Waals surface area contributed by atoms with Crippen molar-refractivity contribution in [2.45, 2.75) is 18.9 Å². The van der Waals surface area contributed by atoms with Gasteiger partial charge in [-0.1, -0.05) is 36.4 Å². The topological polar surface area (TPSA) is 54.3 Å². The van der Waals surface area contributed by atoms with Crippen molar-refractivity contribution in [1.29, 1.82) is 0 Å². The van der Waals surface area contributed by atoms with Crippen molar-refractivity contribution in [3.05, 3.63) is 85.3 Å². The maximum absolute atomic E-state index is 13.4. The van der Waals surface area contributed by atoms with E-state index < -0.39 is 0 Å². The third-order valence-corrected chi connectivity index (χ3v) is 5.92. The Hall–Kier alpha value is -3.51. The van der Waals surface area contributed by atoms with Gasteiger partial charge in [0.25, 0.3) is 0 Å². The Morgan fingerprint density at radius 2 is 1.52 bits per heavy atom. The Kier molecular flexibility index (Phi) is 5.46. The molecule has 5 rings (SSSR count). The van der Waals surface area contributed by atoms with E-state index in [0.717, 1.165) is 48.5 Å². The van der Waals surface area contributed by atoms with Crippen molar-refractivity contribution >= 4 is 28.4 Å². The maximum Gasteiger partial charge on any atom is 0.245 e. The molecular weight excluding hydrogens is 386 g/mol. The van der Waals surface area contributed by atoms with Crippen molar-refractivity contribution in [1.82, 2.24) is 19.4 Å². The lowest BCUT2D eigenvalue weighted by atomic mass is 10.0. The van der Waals surface area contributed by atoms with Crippen LogP contribution in [0.1, 0.15) is 18.9 Å². The molecule has 0 spiro atoms. The molecule has 6 heteroatoms. The van der Waals surface area contributed by atoms with Crippen LogP contribution in [0, 0.1) is 0 Å². The van der Waals surface area contributed by atoms with Gasteiger partial charge in [0, 0.05) is 36.7 Å². The van der Waals surface area contributed by atoms with Crippen LogP contribution in [0.2, 0.25) is 0 Å². The number of hydrogen-bond donors (Lipinski definition) is 0. The van der Waals surface area contributed by atoms with E-state index in [1.807, 2.05) is 90.2 Å². The van der Waals surface area contributed by atoms with E-state index in [2.05, 4.69) is 19.4 Å². The van der Waals surface area contributed by atoms with E-state index in [1.165, 1.54) is 0 Å². The number of amides is 1. The van der Waals surface area contributed by atoms with Gasteiger partial charge in [-0.05, 0) is 49.2 Å². The summed E-state index contributed by atoms with van der Waals surface area (Å²) in [5.41, 5.74) is 3.66. The molecule has 0 unspecified atom stereocenters. The Morgan fingerprint density at radius 3 is 2.16 bits per heavy atom. The number of likely N-dealkylation sites (tertiary alicyclic amines) is 1. The maximum atomic E-state index is 13.4. The van der Waals surface area contributed by atoms with Crippen LogP contribution in [0.4, 0.5) is 11.4 Å². The second kappa shape index (κ2) is 8.70. The summed E-state index contributed by atoms with van der Waals surface area (Å²) >= 11 is 0. The summed E-state index contributed by atoms with van der Waals surface area (Å²) in [6.45, 7) is 2.15. The van der Waals surface area contributed by atoms with Gasteiger partial charge in [0.05, 0.1) is 12.9 Å². The third kappa shape index (κ3) is 4.07. The van der Waals surface area contributed by atoms with Gasteiger partial charge in [-0.25, -0.2) is 9.97 Å². The highest BCUT2D eigenvalue weighted by atomic mass is 16.2. The second-order valence-corrected chi connectivity index (χ2v) is 7.91. The van der Waals surface area contributed by atoms with Gasteiger partial charge >= 0.3 is 0 Å². The van der Waals surface area contributed by atoms with Gasteiger partial charge in [-0.3, -0.25) is 14.6 Å². The lowest BCUT2D eigenvalue weighted by molar-refractivity contribution is -0.119. The predicted octanol–water partition coefficient (Wildman–Crippen LogP) is 4.43. The molecule has 0 N–H and O–H groups in total. The monoisotopic (exact) mass is 411 g/mol. The Labute approximate surface area is 181 Å². The van der Waals surface area contributed by atoms with E-state index in [-0.39, 0.29) is 5.91 Å². The fraction of sp³-hybridized carbons (Fsp3) is 0.240. The first-order chi connectivity index (χ1) is 15.3. The highest BCUT2D eigenvalue weighted by Crippen LogP contribution is 2.28. The average molecular weight is 412 g/mol. The number of para-hydroxylation sites is 2. The number of pyridine rings is 1. The molecule has 0 saturated carbocycles. The van der Waals surface area contributed by atoms with E-state index in [9.17, 15) is 4.79 Å². The van der Waals surface area contributed by atoms with E-state index in [4.69, 9.17) is 0 Å². The fourth-order valence-electron chi connectivity index (χ4n) is 4.34. The molecule has 1 aliphatic rings. The minimum atomic E-state index is 0.0885. The minimum absolute atomic E-state index is 0.0885. The molecule has 2 aromatic heterocycles. The van der Waals surface area contributed by atoms with E-state index >= 15 is 0 Å². The summed E-state index contributed by atoms with van der Waals surface area (Å²) in [7, 11) is 0. The number of anilines is 2. The number of aromatic nitrogens is 3. The van der Waals surface area contributed by atoms with Crippen molar-refractivity contribution in [2.24, 2.45) is 0 Å². The van der Waals surface area contributed by atoms with Crippen LogP contribution >= 0.6 is 0 Å². The number of piperidine rings is 1. The van der Waals surface area contributed by atoms with Crippen LogP contribution in [0.3, 0.4) is 0 Å². The normalized spacial score (nSPS) is 15.2. The van der Waals surface area contributed by atoms with Crippen molar-refractivity contribution in [3.63, 3.8) is 0 Å². The molecule has 1 fully saturated rings. The third-order valence-electron chi connectivity index (χ3n) is 5.92. The first-order valence-electron chi connectivity index (χ1n) is 10.7. The molecule has 0 aliphatic carbocycles. The zero-order chi connectivity index (χ0) is 21.0. The lowest BCUT2D eigenvalue weighted by Crippen LogP contribution is -2.42. The predicted molar refractivity (Wildman–Crippen MR) is 122 cm³/mol. The molecule has 1 amide bonds. The molecule has 3 heterocycles. The van der Waals surface area contributed by atoms with Crippen LogP contribution in [0.5, 0.6) is 0 Å². The SMILES string of the molecule is O=C(CN1CCC(n2cnc3cccnc32)CC1)N(c1ccccc1)c1ccccc1. The van der Waals surface area contributed by atoms with Gasteiger partial charge in [-0.15, -0.1) is 0 Å². The number of hydrogen-bond acceptors (Lipinski definition) is 4. The van der Waals surface area contributed by atoms with Crippen LogP contribution in [0.15, 0.2) is 85.3 Å². The number of benzene rings is 2. The first kappa shape index (κ1) is 19.5. The van der Waals surface area contributed by atoms with E-state index in [1.54, 1.807) is 0 Å². The minimum Gasteiger partial charge on any atom is -0.312 e. The highest BCUT2D eigenvalue weighted by molar-refractivity contribution is 6.01. The molecular formula is C25H25N5O. The molecule has 4 aromatic rings. The quantitative estimate of drug-likeness (QED) is 0.487. The highest BCUT2D eigenvalue weighted by Gasteiger charge is 2.26. The summed E-state index contributed by atoms with van der Waals surface area (Å²) in [5.74, 6) is 0.0885. The lowest BCUT2D eigenvalue weighted by Gasteiger charge is -2.33. The average Bonchev–Trinajstić information content (AvgIpc) is 3.25. The molecule has 1 aliphatic heterocycles. The number of nitrogens with zero attached hydrogens (tertiary/aromatic N) is 5. The molecule has 0 bridgehead atoms. The molecule has 6 nitrogen and oxygen atoms in total. The summed E-state index contributed by atoms with van der Waals surface area (Å²) in [6.07, 6.45) is 5.67. The largest absolute Gasteiger partial charge is 0.312 e. The molecule has 0 atom stereocenters. The zero-order valence-corrected chi connectivity index (χ0v) is 17.3. The summed E-state index contributed by atoms with van der Waals surface area (Å²) in [5, 5.41) is 0. The zero-order valence-electron chi connectivity index (χ0n) is 17.3. The molecule has 0 radical (unpaired) electrons. The van der Waals surface area contributed by atoms with Crippen LogP contribution in [-0.4, -0.2) is 45.0 Å². The van der Waals surface area contributed by atoms with E-state index in [0.29, 0.717) is 12.6 Å². The molecule has 31 heavy (non-hydrogen) atoms. The second-order valence-electron chi connectivity index (χ2n) is 7.91. The van der Waals surface area contributed by atoms with Crippen LogP contribution < -0.4 is 4.90 Å². The van der Waals surface area contributed by atoms with Crippen molar-refractivity contribution < 1.29 is 4.79 Å². The van der Waals surface area contributed by atoms with Gasteiger partial charge in [-0.2, -0.15) is 0 Å². The van der Waals surface area contributed by atoms with Crippen LogP contribution in [-0.2, 0) is 4.79 Å². The standard InChI is InChI=1S/C25H25N5O/c31-24(30(21-8-3-1-4-9-21)22-10-5-2-6-11-22)18-28-16-13-20(14-17-28)29-19-27-23-12-7-15-26-25(23)29/h1-12,15,19-20H,13-14,16-18H2. The Balaban J connectivity index is 1.28. The molecule has 2 aromatic carbocycles. The molecule has 1 saturated heterocycles. The fourth-order valence-corrected chi connectivity index (χ4v) is 4.34. The van der Waals surface area contributed by atoms with Gasteiger partial charge in [0.15, 0.2) is 5.65 Å². The van der Waals surface area contributed by atoms with Crippen LogP contribution in [0.25, 0.3) is 11.2 Å². The summed E-state index contributed by atoms with van der Waals surface area (Å²) < 4.78 is 2.19.